The summed E-state index contributed by atoms with van der Waals surface area (Å²) in [7, 11) is 0. The van der Waals surface area contributed by atoms with Crippen LogP contribution in [0.25, 0.3) is 11.3 Å². The second-order valence-electron chi connectivity index (χ2n) is 2.84. The molecule has 0 aliphatic heterocycles. The van der Waals surface area contributed by atoms with Gasteiger partial charge in [-0.2, -0.15) is 0 Å². The Morgan fingerprint density at radius 1 is 1.33 bits per heavy atom. The van der Waals surface area contributed by atoms with Gasteiger partial charge in [-0.15, -0.1) is 0 Å². The largest absolute Gasteiger partial charge is 0.380 e. The Bertz CT molecular complexity index is 513. The highest BCUT2D eigenvalue weighted by Crippen LogP contribution is 2.37. The van der Waals surface area contributed by atoms with Gasteiger partial charge in [0.1, 0.15) is 4.47 Å². The fourth-order valence-corrected chi connectivity index (χ4v) is 1.86. The van der Waals surface area contributed by atoms with Crippen LogP contribution in [0, 0.1) is 0 Å². The molecule has 1 aromatic heterocycles. The van der Waals surface area contributed by atoms with Crippen molar-refractivity contribution in [2.24, 2.45) is 0 Å². The summed E-state index contributed by atoms with van der Waals surface area (Å²) in [5, 5.41) is 4.71. The van der Waals surface area contributed by atoms with Crippen molar-refractivity contribution >= 4 is 44.9 Å². The van der Waals surface area contributed by atoms with E-state index in [0.717, 1.165) is 0 Å². The zero-order valence-corrected chi connectivity index (χ0v) is 10.4. The standard InChI is InChI=1S/C9H5BrCl2N2O/c10-7-8(15-14-9(7)13)5-3-4(11)1-2-6(5)12/h1-3H,(H2,13,14). The second kappa shape index (κ2) is 4.04. The van der Waals surface area contributed by atoms with E-state index >= 15 is 0 Å². The summed E-state index contributed by atoms with van der Waals surface area (Å²) in [6.45, 7) is 0. The number of hydrogen-bond donors (Lipinski definition) is 1. The summed E-state index contributed by atoms with van der Waals surface area (Å²) < 4.78 is 5.63. The number of nitrogens with two attached hydrogens (primary N) is 1. The van der Waals surface area contributed by atoms with Crippen molar-refractivity contribution in [3.05, 3.63) is 32.7 Å². The molecule has 0 bridgehead atoms. The quantitative estimate of drug-likeness (QED) is 0.866. The van der Waals surface area contributed by atoms with Crippen molar-refractivity contribution in [3.8, 4) is 11.3 Å². The lowest BCUT2D eigenvalue weighted by atomic mass is 10.2. The van der Waals surface area contributed by atoms with Crippen LogP contribution in [0.4, 0.5) is 5.82 Å². The lowest BCUT2D eigenvalue weighted by Gasteiger charge is -2.00. The minimum absolute atomic E-state index is 0.279. The van der Waals surface area contributed by atoms with Gasteiger partial charge in [0.25, 0.3) is 0 Å². The number of anilines is 1. The van der Waals surface area contributed by atoms with Crippen LogP contribution in [0.1, 0.15) is 0 Å². The van der Waals surface area contributed by atoms with Gasteiger partial charge in [-0.1, -0.05) is 28.4 Å². The first-order valence-corrected chi connectivity index (χ1v) is 5.50. The third-order valence-corrected chi connectivity index (χ3v) is 3.16. The maximum Gasteiger partial charge on any atom is 0.184 e. The van der Waals surface area contributed by atoms with Crippen LogP contribution in [0.5, 0.6) is 0 Å². The molecule has 15 heavy (non-hydrogen) atoms. The monoisotopic (exact) mass is 306 g/mol. The maximum absolute atomic E-state index is 6.00. The fraction of sp³-hybridized carbons (Fsp3) is 0. The van der Waals surface area contributed by atoms with E-state index in [4.69, 9.17) is 33.5 Å². The smallest absolute Gasteiger partial charge is 0.184 e. The summed E-state index contributed by atoms with van der Waals surface area (Å²) in [5.74, 6) is 0.751. The first kappa shape index (κ1) is 10.8. The molecule has 0 atom stereocenters. The summed E-state index contributed by atoms with van der Waals surface area (Å²) in [5.41, 5.74) is 6.19. The molecule has 1 heterocycles. The van der Waals surface area contributed by atoms with Gasteiger partial charge < -0.3 is 10.3 Å². The molecule has 0 aliphatic carbocycles. The van der Waals surface area contributed by atoms with Crippen molar-refractivity contribution in [3.63, 3.8) is 0 Å². The maximum atomic E-state index is 6.00. The van der Waals surface area contributed by atoms with Gasteiger partial charge in [0, 0.05) is 10.6 Å². The first-order valence-electron chi connectivity index (χ1n) is 3.95. The molecule has 0 fully saturated rings. The normalized spacial score (nSPS) is 10.6. The molecular weight excluding hydrogens is 303 g/mol. The van der Waals surface area contributed by atoms with Gasteiger partial charge in [0.15, 0.2) is 11.6 Å². The second-order valence-corrected chi connectivity index (χ2v) is 4.47. The van der Waals surface area contributed by atoms with E-state index < -0.39 is 0 Å². The van der Waals surface area contributed by atoms with Gasteiger partial charge in [-0.3, -0.25) is 0 Å². The van der Waals surface area contributed by atoms with Crippen molar-refractivity contribution < 1.29 is 4.52 Å². The Kier molecular flexibility index (Phi) is 2.91. The highest BCUT2D eigenvalue weighted by Gasteiger charge is 2.16. The van der Waals surface area contributed by atoms with E-state index in [1.165, 1.54) is 0 Å². The van der Waals surface area contributed by atoms with Gasteiger partial charge in [-0.05, 0) is 34.1 Å². The van der Waals surface area contributed by atoms with Crippen molar-refractivity contribution in [1.82, 2.24) is 5.16 Å². The van der Waals surface area contributed by atoms with Crippen molar-refractivity contribution in [1.29, 1.82) is 0 Å². The SMILES string of the molecule is Nc1noc(-c2cc(Cl)ccc2Cl)c1Br. The van der Waals surface area contributed by atoms with Gasteiger partial charge >= 0.3 is 0 Å². The lowest BCUT2D eigenvalue weighted by Crippen LogP contribution is -1.83. The summed E-state index contributed by atoms with van der Waals surface area (Å²) in [6.07, 6.45) is 0. The topological polar surface area (TPSA) is 52.0 Å². The Hall–Kier alpha value is -0.710. The van der Waals surface area contributed by atoms with Crippen LogP contribution in [-0.4, -0.2) is 5.16 Å². The molecule has 2 rings (SSSR count). The summed E-state index contributed by atoms with van der Waals surface area (Å²) in [4.78, 5) is 0. The zero-order valence-electron chi connectivity index (χ0n) is 7.30. The molecule has 0 aliphatic rings. The lowest BCUT2D eigenvalue weighted by molar-refractivity contribution is 0.435. The van der Waals surface area contributed by atoms with E-state index in [2.05, 4.69) is 21.1 Å². The van der Waals surface area contributed by atoms with Crippen LogP contribution < -0.4 is 5.73 Å². The Balaban J connectivity index is 2.63. The predicted molar refractivity (Wildman–Crippen MR) is 64.1 cm³/mol. The van der Waals surface area contributed by atoms with E-state index in [0.29, 0.717) is 25.8 Å². The Labute approximate surface area is 104 Å². The molecule has 2 N–H and O–H groups in total. The van der Waals surface area contributed by atoms with Crippen molar-refractivity contribution in [2.45, 2.75) is 0 Å². The molecule has 0 spiro atoms. The Morgan fingerprint density at radius 3 is 2.67 bits per heavy atom. The van der Waals surface area contributed by atoms with Crippen LogP contribution in [-0.2, 0) is 0 Å². The third kappa shape index (κ3) is 1.97. The number of halogens is 3. The van der Waals surface area contributed by atoms with Crippen LogP contribution in [0.15, 0.2) is 27.2 Å². The molecule has 6 heteroatoms. The molecule has 3 nitrogen and oxygen atoms in total. The first-order chi connectivity index (χ1) is 7.09. The minimum Gasteiger partial charge on any atom is -0.380 e. The number of nitrogens with zero attached hydrogens (tertiary/aromatic N) is 1. The van der Waals surface area contributed by atoms with E-state index in [1.54, 1.807) is 18.2 Å². The highest BCUT2D eigenvalue weighted by atomic mass is 79.9. The van der Waals surface area contributed by atoms with E-state index in [-0.39, 0.29) is 5.82 Å². The minimum atomic E-state index is 0.279. The van der Waals surface area contributed by atoms with Gasteiger partial charge in [0.05, 0.1) is 5.02 Å². The Morgan fingerprint density at radius 2 is 2.07 bits per heavy atom. The number of aromatic nitrogens is 1. The van der Waals surface area contributed by atoms with Crippen LogP contribution in [0.2, 0.25) is 10.0 Å². The molecule has 0 saturated carbocycles. The molecule has 2 aromatic rings. The molecule has 1 aromatic carbocycles. The predicted octanol–water partition coefficient (Wildman–Crippen LogP) is 3.99. The van der Waals surface area contributed by atoms with Gasteiger partial charge in [-0.25, -0.2) is 0 Å². The fourth-order valence-electron chi connectivity index (χ4n) is 1.13. The average molecular weight is 308 g/mol. The van der Waals surface area contributed by atoms with E-state index in [1.807, 2.05) is 0 Å². The highest BCUT2D eigenvalue weighted by molar-refractivity contribution is 9.10. The number of rotatable bonds is 1. The zero-order chi connectivity index (χ0) is 11.0. The van der Waals surface area contributed by atoms with Crippen LogP contribution >= 0.6 is 39.1 Å². The molecule has 78 valence electrons. The molecule has 0 amide bonds. The third-order valence-electron chi connectivity index (χ3n) is 1.83. The molecular formula is C9H5BrCl2N2O. The van der Waals surface area contributed by atoms with E-state index in [9.17, 15) is 0 Å². The number of hydrogen-bond acceptors (Lipinski definition) is 3. The molecule has 0 saturated heterocycles. The summed E-state index contributed by atoms with van der Waals surface area (Å²) >= 11 is 15.1. The summed E-state index contributed by atoms with van der Waals surface area (Å²) in [6, 6.07) is 5.07. The van der Waals surface area contributed by atoms with Gasteiger partial charge in [0.2, 0.25) is 0 Å². The van der Waals surface area contributed by atoms with Crippen molar-refractivity contribution in [2.75, 3.05) is 5.73 Å². The van der Waals surface area contributed by atoms with Crippen LogP contribution in [0.3, 0.4) is 0 Å². The molecule has 0 unspecified atom stereocenters. The number of benzene rings is 1. The number of nitrogen functional groups attached to an aromatic ring is 1. The average Bonchev–Trinajstić information content (AvgIpc) is 2.52. The molecule has 0 radical (unpaired) electrons.